The van der Waals surface area contributed by atoms with Gasteiger partial charge in [0.1, 0.15) is 12.6 Å². The highest BCUT2D eigenvalue weighted by molar-refractivity contribution is 5.91. The van der Waals surface area contributed by atoms with Crippen molar-refractivity contribution < 1.29 is 19.5 Å². The molecule has 0 aromatic heterocycles. The molecule has 19 heavy (non-hydrogen) atoms. The number of aliphatic carboxylic acids is 1. The monoisotopic (exact) mass is 269 g/mol. The van der Waals surface area contributed by atoms with Gasteiger partial charge in [-0.05, 0) is 13.5 Å². The number of carbonyl (C=O) groups excluding carboxylic acids is 2. The van der Waals surface area contributed by atoms with Crippen LogP contribution in [0.4, 0.5) is 0 Å². The van der Waals surface area contributed by atoms with Crippen molar-refractivity contribution in [3.8, 4) is 0 Å². The van der Waals surface area contributed by atoms with Crippen molar-refractivity contribution in [3.05, 3.63) is 0 Å². The van der Waals surface area contributed by atoms with Crippen LogP contribution in [0, 0.1) is 0 Å². The van der Waals surface area contributed by atoms with Gasteiger partial charge in [0.05, 0.1) is 0 Å². The van der Waals surface area contributed by atoms with Crippen LogP contribution in [0.5, 0.6) is 0 Å². The largest absolute Gasteiger partial charge is 0.480 e. The van der Waals surface area contributed by atoms with Crippen molar-refractivity contribution in [3.63, 3.8) is 0 Å². The SMILES string of the molecule is CN1CCN(C(=O)CN2C(=O)CCC2C(=O)O)CC1. The van der Waals surface area contributed by atoms with Crippen LogP contribution >= 0.6 is 0 Å². The van der Waals surface area contributed by atoms with Crippen LogP contribution in [0.1, 0.15) is 12.8 Å². The molecule has 2 amide bonds. The predicted molar refractivity (Wildman–Crippen MR) is 66.4 cm³/mol. The zero-order chi connectivity index (χ0) is 14.0. The molecule has 106 valence electrons. The van der Waals surface area contributed by atoms with Gasteiger partial charge in [0.15, 0.2) is 0 Å². The minimum Gasteiger partial charge on any atom is -0.480 e. The number of hydrogen-bond acceptors (Lipinski definition) is 4. The van der Waals surface area contributed by atoms with Gasteiger partial charge in [-0.15, -0.1) is 0 Å². The average Bonchev–Trinajstić information content (AvgIpc) is 2.72. The van der Waals surface area contributed by atoms with E-state index in [0.717, 1.165) is 13.1 Å². The fourth-order valence-electron chi connectivity index (χ4n) is 2.49. The van der Waals surface area contributed by atoms with Crippen LogP contribution in [0.15, 0.2) is 0 Å². The van der Waals surface area contributed by atoms with E-state index in [1.165, 1.54) is 4.90 Å². The van der Waals surface area contributed by atoms with Crippen LogP contribution in [0.25, 0.3) is 0 Å². The summed E-state index contributed by atoms with van der Waals surface area (Å²) in [5.74, 6) is -1.43. The highest BCUT2D eigenvalue weighted by atomic mass is 16.4. The van der Waals surface area contributed by atoms with Gasteiger partial charge in [-0.25, -0.2) is 4.79 Å². The Morgan fingerprint density at radius 2 is 1.89 bits per heavy atom. The standard InChI is InChI=1S/C12H19N3O4/c1-13-4-6-14(7-5-13)11(17)8-15-9(12(18)19)2-3-10(15)16/h9H,2-8H2,1H3,(H,18,19). The molecule has 2 aliphatic heterocycles. The second kappa shape index (κ2) is 5.56. The molecule has 0 aliphatic carbocycles. The molecule has 0 bridgehead atoms. The average molecular weight is 269 g/mol. The normalized spacial score (nSPS) is 24.9. The van der Waals surface area contributed by atoms with Crippen molar-refractivity contribution in [1.29, 1.82) is 0 Å². The fraction of sp³-hybridized carbons (Fsp3) is 0.750. The lowest BCUT2D eigenvalue weighted by atomic mass is 10.2. The Balaban J connectivity index is 1.94. The first kappa shape index (κ1) is 13.8. The molecule has 2 heterocycles. The van der Waals surface area contributed by atoms with E-state index in [9.17, 15) is 14.4 Å². The van der Waals surface area contributed by atoms with Gasteiger partial charge >= 0.3 is 5.97 Å². The number of likely N-dealkylation sites (N-methyl/N-ethyl adjacent to an activating group) is 1. The summed E-state index contributed by atoms with van der Waals surface area (Å²) in [5, 5.41) is 9.03. The van der Waals surface area contributed by atoms with Gasteiger partial charge in [-0.2, -0.15) is 0 Å². The second-order valence-corrected chi connectivity index (χ2v) is 5.10. The third-order valence-corrected chi connectivity index (χ3v) is 3.77. The zero-order valence-corrected chi connectivity index (χ0v) is 11.0. The van der Waals surface area contributed by atoms with Crippen molar-refractivity contribution in [2.75, 3.05) is 39.8 Å². The molecule has 2 saturated heterocycles. The van der Waals surface area contributed by atoms with Crippen molar-refractivity contribution in [2.45, 2.75) is 18.9 Å². The first-order valence-corrected chi connectivity index (χ1v) is 6.47. The summed E-state index contributed by atoms with van der Waals surface area (Å²) in [5.41, 5.74) is 0. The number of carboxylic acid groups (broad SMARTS) is 1. The number of carboxylic acids is 1. The van der Waals surface area contributed by atoms with Gasteiger partial charge in [-0.3, -0.25) is 9.59 Å². The Kier molecular flexibility index (Phi) is 4.04. The minimum absolute atomic E-state index is 0.112. The Morgan fingerprint density at radius 1 is 1.26 bits per heavy atom. The third kappa shape index (κ3) is 3.04. The van der Waals surface area contributed by atoms with Crippen molar-refractivity contribution >= 4 is 17.8 Å². The Labute approximate surface area is 111 Å². The van der Waals surface area contributed by atoms with E-state index < -0.39 is 12.0 Å². The van der Waals surface area contributed by atoms with Crippen LogP contribution < -0.4 is 0 Å². The second-order valence-electron chi connectivity index (χ2n) is 5.10. The van der Waals surface area contributed by atoms with Gasteiger partial charge in [0.2, 0.25) is 11.8 Å². The molecule has 1 atom stereocenters. The quantitative estimate of drug-likeness (QED) is 0.698. The molecule has 2 aliphatic rings. The van der Waals surface area contributed by atoms with Gasteiger partial charge in [0, 0.05) is 32.6 Å². The maximum Gasteiger partial charge on any atom is 0.326 e. The van der Waals surface area contributed by atoms with Gasteiger partial charge in [-0.1, -0.05) is 0 Å². The molecule has 0 radical (unpaired) electrons. The number of piperazine rings is 1. The van der Waals surface area contributed by atoms with Crippen LogP contribution in [0.3, 0.4) is 0 Å². The molecular formula is C12H19N3O4. The van der Waals surface area contributed by atoms with Crippen LogP contribution in [0.2, 0.25) is 0 Å². The molecule has 0 spiro atoms. The topological polar surface area (TPSA) is 81.2 Å². The molecular weight excluding hydrogens is 250 g/mol. The van der Waals surface area contributed by atoms with E-state index in [1.54, 1.807) is 4.90 Å². The van der Waals surface area contributed by atoms with E-state index in [-0.39, 0.29) is 24.8 Å². The van der Waals surface area contributed by atoms with E-state index in [0.29, 0.717) is 19.5 Å². The van der Waals surface area contributed by atoms with E-state index in [2.05, 4.69) is 4.90 Å². The molecule has 2 rings (SSSR count). The Hall–Kier alpha value is -1.63. The van der Waals surface area contributed by atoms with Gasteiger partial charge < -0.3 is 19.8 Å². The molecule has 2 fully saturated rings. The Morgan fingerprint density at radius 3 is 2.47 bits per heavy atom. The summed E-state index contributed by atoms with van der Waals surface area (Å²) in [6, 6.07) is -0.844. The van der Waals surface area contributed by atoms with Crippen molar-refractivity contribution in [1.82, 2.24) is 14.7 Å². The summed E-state index contributed by atoms with van der Waals surface area (Å²) >= 11 is 0. The van der Waals surface area contributed by atoms with Crippen LogP contribution in [-0.4, -0.2) is 83.4 Å². The number of likely N-dealkylation sites (tertiary alicyclic amines) is 1. The number of nitrogens with zero attached hydrogens (tertiary/aromatic N) is 3. The molecule has 0 saturated carbocycles. The number of carbonyl (C=O) groups is 3. The van der Waals surface area contributed by atoms with E-state index in [1.807, 2.05) is 7.05 Å². The molecule has 1 N–H and O–H groups in total. The highest BCUT2D eigenvalue weighted by Crippen LogP contribution is 2.19. The van der Waals surface area contributed by atoms with Crippen LogP contribution in [-0.2, 0) is 14.4 Å². The van der Waals surface area contributed by atoms with E-state index >= 15 is 0 Å². The first-order valence-electron chi connectivity index (χ1n) is 6.47. The zero-order valence-electron chi connectivity index (χ0n) is 11.0. The summed E-state index contributed by atoms with van der Waals surface area (Å²) in [4.78, 5) is 39.8. The summed E-state index contributed by atoms with van der Waals surface area (Å²) in [6.45, 7) is 2.77. The maximum absolute atomic E-state index is 12.1. The lowest BCUT2D eigenvalue weighted by molar-refractivity contribution is -0.149. The molecule has 0 aromatic rings. The summed E-state index contributed by atoms with van der Waals surface area (Å²) < 4.78 is 0. The summed E-state index contributed by atoms with van der Waals surface area (Å²) in [7, 11) is 1.99. The van der Waals surface area contributed by atoms with Crippen molar-refractivity contribution in [2.24, 2.45) is 0 Å². The molecule has 0 aromatic carbocycles. The third-order valence-electron chi connectivity index (χ3n) is 3.77. The highest BCUT2D eigenvalue weighted by Gasteiger charge is 2.37. The molecule has 7 heteroatoms. The smallest absolute Gasteiger partial charge is 0.326 e. The maximum atomic E-state index is 12.1. The minimum atomic E-state index is -1.03. The number of rotatable bonds is 3. The lowest BCUT2D eigenvalue weighted by Gasteiger charge is -2.33. The number of amides is 2. The number of hydrogen-bond donors (Lipinski definition) is 1. The fourth-order valence-corrected chi connectivity index (χ4v) is 2.49. The van der Waals surface area contributed by atoms with Gasteiger partial charge in [0.25, 0.3) is 0 Å². The van der Waals surface area contributed by atoms with E-state index in [4.69, 9.17) is 5.11 Å². The lowest BCUT2D eigenvalue weighted by Crippen LogP contribution is -2.51. The Bertz CT molecular complexity index is 390. The predicted octanol–water partition coefficient (Wildman–Crippen LogP) is -1.16. The summed E-state index contributed by atoms with van der Waals surface area (Å²) in [6.07, 6.45) is 0.511. The first-order chi connectivity index (χ1) is 8.99. The molecule has 7 nitrogen and oxygen atoms in total. The molecule has 1 unspecified atom stereocenters.